The Bertz CT molecular complexity index is 332. The fraction of sp³-hybridized carbons (Fsp3) is 0.100. The van der Waals surface area contributed by atoms with E-state index in [0.717, 1.165) is 11.6 Å². The molecule has 0 saturated heterocycles. The summed E-state index contributed by atoms with van der Waals surface area (Å²) in [4.78, 5) is 15.2. The number of nitrogens with one attached hydrogen (secondary N) is 1. The zero-order valence-electron chi connectivity index (χ0n) is 7.73. The van der Waals surface area contributed by atoms with Crippen LogP contribution in [0, 0.1) is 0 Å². The van der Waals surface area contributed by atoms with Crippen molar-refractivity contribution in [3.63, 3.8) is 0 Å². The van der Waals surface area contributed by atoms with Gasteiger partial charge in [-0.15, -0.1) is 0 Å². The number of carboxylic acids is 1. The van der Waals surface area contributed by atoms with E-state index >= 15 is 0 Å². The van der Waals surface area contributed by atoms with Crippen LogP contribution in [0.4, 0.5) is 0 Å². The number of hydrogen-bond acceptors (Lipinski definition) is 3. The van der Waals surface area contributed by atoms with E-state index in [0.29, 0.717) is 5.70 Å². The fourth-order valence-electron chi connectivity index (χ4n) is 1.02. The van der Waals surface area contributed by atoms with Crippen molar-refractivity contribution in [2.45, 2.75) is 0 Å². The van der Waals surface area contributed by atoms with Gasteiger partial charge in [0.05, 0.1) is 12.8 Å². The molecule has 0 spiro atoms. The molecule has 0 atom stereocenters. The van der Waals surface area contributed by atoms with Gasteiger partial charge in [-0.3, -0.25) is 10.3 Å². The maximum Gasteiger partial charge on any atom is 0.330 e. The molecule has 0 bridgehead atoms. The van der Waals surface area contributed by atoms with Crippen molar-refractivity contribution in [2.24, 2.45) is 0 Å². The van der Waals surface area contributed by atoms with E-state index in [1.165, 1.54) is 7.11 Å². The molecule has 1 aromatic rings. The molecule has 4 nitrogen and oxygen atoms in total. The van der Waals surface area contributed by atoms with Gasteiger partial charge in [0.15, 0.2) is 0 Å². The van der Waals surface area contributed by atoms with E-state index in [2.05, 4.69) is 10.3 Å². The molecule has 0 unspecified atom stereocenters. The molecule has 0 aromatic heterocycles. The standard InChI is InChI=1S/C10H11NO3/c1-14-11-9(7-10(12)13)8-5-3-2-4-6-8/h2-7,11H,1H3,(H,12,13). The first-order valence-electron chi connectivity index (χ1n) is 4.03. The monoisotopic (exact) mass is 193 g/mol. The minimum atomic E-state index is -1.02. The molecule has 2 N–H and O–H groups in total. The van der Waals surface area contributed by atoms with E-state index in [9.17, 15) is 4.79 Å². The molecule has 0 amide bonds. The lowest BCUT2D eigenvalue weighted by Crippen LogP contribution is -2.11. The Morgan fingerprint density at radius 3 is 2.57 bits per heavy atom. The van der Waals surface area contributed by atoms with Gasteiger partial charge in [-0.1, -0.05) is 30.3 Å². The smallest absolute Gasteiger partial charge is 0.330 e. The number of hydrogen-bond donors (Lipinski definition) is 2. The predicted octanol–water partition coefficient (Wildman–Crippen LogP) is 1.26. The normalized spacial score (nSPS) is 11.1. The summed E-state index contributed by atoms with van der Waals surface area (Å²) < 4.78 is 0. The predicted molar refractivity (Wildman–Crippen MR) is 52.2 cm³/mol. The lowest BCUT2D eigenvalue weighted by molar-refractivity contribution is -0.131. The minimum Gasteiger partial charge on any atom is -0.478 e. The van der Waals surface area contributed by atoms with Crippen LogP contribution in [0.3, 0.4) is 0 Å². The van der Waals surface area contributed by atoms with Gasteiger partial charge in [-0.25, -0.2) is 4.79 Å². The fourth-order valence-corrected chi connectivity index (χ4v) is 1.02. The summed E-state index contributed by atoms with van der Waals surface area (Å²) in [6.45, 7) is 0. The molecule has 0 aliphatic heterocycles. The van der Waals surface area contributed by atoms with Crippen LogP contribution in [0.1, 0.15) is 5.56 Å². The lowest BCUT2D eigenvalue weighted by Gasteiger charge is -2.07. The topological polar surface area (TPSA) is 58.6 Å². The van der Waals surface area contributed by atoms with Gasteiger partial charge in [0.1, 0.15) is 0 Å². The molecule has 4 heteroatoms. The van der Waals surface area contributed by atoms with Crippen molar-refractivity contribution in [1.29, 1.82) is 0 Å². The molecular formula is C10H11NO3. The molecule has 1 rings (SSSR count). The molecule has 0 radical (unpaired) electrons. The van der Waals surface area contributed by atoms with E-state index in [1.807, 2.05) is 18.2 Å². The van der Waals surface area contributed by atoms with Gasteiger partial charge in [0, 0.05) is 11.6 Å². The highest BCUT2D eigenvalue weighted by Gasteiger charge is 2.02. The largest absolute Gasteiger partial charge is 0.478 e. The molecule has 0 fully saturated rings. The summed E-state index contributed by atoms with van der Waals surface area (Å²) in [7, 11) is 1.43. The minimum absolute atomic E-state index is 0.417. The molecule has 0 aliphatic carbocycles. The van der Waals surface area contributed by atoms with E-state index < -0.39 is 5.97 Å². The summed E-state index contributed by atoms with van der Waals surface area (Å²) in [5.41, 5.74) is 3.69. The maximum atomic E-state index is 10.5. The average Bonchev–Trinajstić information content (AvgIpc) is 2.18. The third kappa shape index (κ3) is 2.91. The number of carboxylic acid groups (broad SMARTS) is 1. The van der Waals surface area contributed by atoms with E-state index in [-0.39, 0.29) is 0 Å². The Labute approximate surface area is 81.8 Å². The SMILES string of the molecule is CONC(=CC(=O)O)c1ccccc1. The van der Waals surface area contributed by atoms with Crippen LogP contribution in [0.2, 0.25) is 0 Å². The average molecular weight is 193 g/mol. The number of rotatable bonds is 4. The second-order valence-electron chi connectivity index (χ2n) is 2.57. The van der Waals surface area contributed by atoms with Gasteiger partial charge in [-0.2, -0.15) is 0 Å². The first-order valence-corrected chi connectivity index (χ1v) is 4.03. The molecule has 0 aliphatic rings. The summed E-state index contributed by atoms with van der Waals surface area (Å²) in [5, 5.41) is 8.60. The molecule has 1 aromatic carbocycles. The van der Waals surface area contributed by atoms with Crippen molar-refractivity contribution in [2.75, 3.05) is 7.11 Å². The summed E-state index contributed by atoms with van der Waals surface area (Å²) in [6.07, 6.45) is 1.05. The quantitative estimate of drug-likeness (QED) is 0.558. The zero-order valence-corrected chi connectivity index (χ0v) is 7.73. The Morgan fingerprint density at radius 2 is 2.07 bits per heavy atom. The van der Waals surface area contributed by atoms with Crippen LogP contribution < -0.4 is 5.48 Å². The Kier molecular flexibility index (Phi) is 3.69. The number of benzene rings is 1. The van der Waals surface area contributed by atoms with Crippen molar-refractivity contribution < 1.29 is 14.7 Å². The number of carbonyl (C=O) groups is 1. The van der Waals surface area contributed by atoms with Gasteiger partial charge >= 0.3 is 5.97 Å². The van der Waals surface area contributed by atoms with Gasteiger partial charge in [-0.05, 0) is 0 Å². The van der Waals surface area contributed by atoms with Crippen molar-refractivity contribution in [3.8, 4) is 0 Å². The third-order valence-electron chi connectivity index (χ3n) is 1.56. The van der Waals surface area contributed by atoms with Crippen LogP contribution >= 0.6 is 0 Å². The third-order valence-corrected chi connectivity index (χ3v) is 1.56. The van der Waals surface area contributed by atoms with Crippen LogP contribution in [0.5, 0.6) is 0 Å². The Morgan fingerprint density at radius 1 is 1.43 bits per heavy atom. The highest BCUT2D eigenvalue weighted by molar-refractivity contribution is 5.89. The van der Waals surface area contributed by atoms with Crippen molar-refractivity contribution >= 4 is 11.7 Å². The second kappa shape index (κ2) is 5.04. The van der Waals surface area contributed by atoms with Crippen LogP contribution in [-0.4, -0.2) is 18.2 Å². The highest BCUT2D eigenvalue weighted by Crippen LogP contribution is 2.10. The van der Waals surface area contributed by atoms with Crippen LogP contribution in [0.15, 0.2) is 36.4 Å². The first kappa shape index (κ1) is 10.3. The summed E-state index contributed by atoms with van der Waals surface area (Å²) in [5.74, 6) is -1.02. The van der Waals surface area contributed by atoms with Crippen LogP contribution in [0.25, 0.3) is 5.70 Å². The van der Waals surface area contributed by atoms with Gasteiger partial charge < -0.3 is 5.11 Å². The Balaban J connectivity index is 2.94. The number of hydroxylamine groups is 1. The number of aliphatic carboxylic acids is 1. The Hall–Kier alpha value is -1.81. The zero-order chi connectivity index (χ0) is 10.4. The second-order valence-corrected chi connectivity index (χ2v) is 2.57. The van der Waals surface area contributed by atoms with Crippen molar-refractivity contribution in [1.82, 2.24) is 5.48 Å². The molecular weight excluding hydrogens is 182 g/mol. The molecule has 14 heavy (non-hydrogen) atoms. The van der Waals surface area contributed by atoms with Crippen molar-refractivity contribution in [3.05, 3.63) is 42.0 Å². The molecule has 74 valence electrons. The molecule has 0 heterocycles. The molecule has 0 saturated carbocycles. The summed E-state index contributed by atoms with van der Waals surface area (Å²) in [6, 6.07) is 9.08. The maximum absolute atomic E-state index is 10.5. The van der Waals surface area contributed by atoms with Gasteiger partial charge in [0.25, 0.3) is 0 Å². The van der Waals surface area contributed by atoms with E-state index in [1.54, 1.807) is 12.1 Å². The van der Waals surface area contributed by atoms with Gasteiger partial charge in [0.2, 0.25) is 0 Å². The first-order chi connectivity index (χ1) is 6.74. The summed E-state index contributed by atoms with van der Waals surface area (Å²) >= 11 is 0. The highest BCUT2D eigenvalue weighted by atomic mass is 16.6. The van der Waals surface area contributed by atoms with E-state index in [4.69, 9.17) is 5.11 Å². The van der Waals surface area contributed by atoms with Crippen LogP contribution in [-0.2, 0) is 9.63 Å². The lowest BCUT2D eigenvalue weighted by atomic mass is 10.1.